The van der Waals surface area contributed by atoms with E-state index in [0.29, 0.717) is 23.1 Å². The summed E-state index contributed by atoms with van der Waals surface area (Å²) in [6.45, 7) is 4.11. The first kappa shape index (κ1) is 29.4. The van der Waals surface area contributed by atoms with Gasteiger partial charge in [0.25, 0.3) is 0 Å². The van der Waals surface area contributed by atoms with Gasteiger partial charge in [0.2, 0.25) is 21.8 Å². The van der Waals surface area contributed by atoms with Gasteiger partial charge in [0.05, 0.1) is 11.9 Å². The predicted molar refractivity (Wildman–Crippen MR) is 155 cm³/mol. The standard InChI is InChI=1S/C29H34BrN3O4S/c1-4-17-31-29(35)27(19-23-12-6-5-7-13-23)32(20-24-14-10-11-22(2)18-24)28(34)21-33(38(3,36)37)26-16-9-8-15-25(26)30/h5-16,18,27H,4,17,19-21H2,1-3H3,(H,31,35)/t27-/m0/s1. The Morgan fingerprint density at radius 2 is 1.61 bits per heavy atom. The van der Waals surface area contributed by atoms with Crippen LogP contribution in [0.1, 0.15) is 30.0 Å². The molecule has 0 aliphatic carbocycles. The van der Waals surface area contributed by atoms with E-state index in [4.69, 9.17) is 0 Å². The van der Waals surface area contributed by atoms with Crippen molar-refractivity contribution in [3.05, 3.63) is 100 Å². The largest absolute Gasteiger partial charge is 0.354 e. The van der Waals surface area contributed by atoms with Crippen molar-refractivity contribution in [2.45, 2.75) is 39.3 Å². The highest BCUT2D eigenvalue weighted by atomic mass is 79.9. The number of aryl methyl sites for hydroxylation is 1. The number of hydrogen-bond donors (Lipinski definition) is 1. The minimum absolute atomic E-state index is 0.158. The van der Waals surface area contributed by atoms with Crippen LogP contribution in [0.25, 0.3) is 0 Å². The van der Waals surface area contributed by atoms with Gasteiger partial charge in [-0.05, 0) is 52.5 Å². The fourth-order valence-electron chi connectivity index (χ4n) is 4.18. The molecule has 1 N–H and O–H groups in total. The van der Waals surface area contributed by atoms with Crippen LogP contribution < -0.4 is 9.62 Å². The second-order valence-electron chi connectivity index (χ2n) is 9.23. The molecule has 3 aromatic carbocycles. The van der Waals surface area contributed by atoms with Crippen LogP contribution >= 0.6 is 15.9 Å². The Labute approximate surface area is 234 Å². The first-order valence-electron chi connectivity index (χ1n) is 12.5. The normalized spacial score (nSPS) is 12.0. The number of sulfonamides is 1. The summed E-state index contributed by atoms with van der Waals surface area (Å²) < 4.78 is 27.3. The molecule has 3 rings (SSSR count). The van der Waals surface area contributed by atoms with Gasteiger partial charge in [-0.2, -0.15) is 0 Å². The summed E-state index contributed by atoms with van der Waals surface area (Å²) in [5, 5.41) is 2.94. The molecule has 0 aliphatic heterocycles. The quantitative estimate of drug-likeness (QED) is 0.327. The average molecular weight is 601 g/mol. The van der Waals surface area contributed by atoms with E-state index in [1.165, 1.54) is 4.90 Å². The maximum Gasteiger partial charge on any atom is 0.244 e. The number of nitrogens with one attached hydrogen (secondary N) is 1. The van der Waals surface area contributed by atoms with Crippen LogP contribution in [0.4, 0.5) is 5.69 Å². The topological polar surface area (TPSA) is 86.8 Å². The van der Waals surface area contributed by atoms with Crippen LogP contribution in [0, 0.1) is 6.92 Å². The number of carbonyl (C=O) groups is 2. The number of para-hydroxylation sites is 1. The number of halogens is 1. The van der Waals surface area contributed by atoms with Crippen molar-refractivity contribution in [2.75, 3.05) is 23.7 Å². The number of hydrogen-bond acceptors (Lipinski definition) is 4. The fourth-order valence-corrected chi connectivity index (χ4v) is 5.65. The molecule has 38 heavy (non-hydrogen) atoms. The van der Waals surface area contributed by atoms with E-state index >= 15 is 0 Å². The highest BCUT2D eigenvalue weighted by Crippen LogP contribution is 2.28. The number of anilines is 1. The van der Waals surface area contributed by atoms with Crippen LogP contribution in [-0.4, -0.2) is 50.5 Å². The van der Waals surface area contributed by atoms with E-state index < -0.39 is 28.5 Å². The van der Waals surface area contributed by atoms with Gasteiger partial charge in [0.1, 0.15) is 12.6 Å². The van der Waals surface area contributed by atoms with Gasteiger partial charge in [0, 0.05) is 24.0 Å². The summed E-state index contributed by atoms with van der Waals surface area (Å²) in [7, 11) is -3.81. The molecule has 0 heterocycles. The third-order valence-corrected chi connectivity index (χ3v) is 7.85. The zero-order valence-electron chi connectivity index (χ0n) is 21.9. The van der Waals surface area contributed by atoms with Crippen molar-refractivity contribution in [2.24, 2.45) is 0 Å². The third-order valence-electron chi connectivity index (χ3n) is 6.06. The average Bonchev–Trinajstić information content (AvgIpc) is 2.88. The molecule has 202 valence electrons. The molecule has 0 spiro atoms. The molecule has 9 heteroatoms. The lowest BCUT2D eigenvalue weighted by atomic mass is 10.0. The molecule has 0 radical (unpaired) electrons. The lowest BCUT2D eigenvalue weighted by Crippen LogP contribution is -2.53. The molecule has 3 aromatic rings. The molecule has 0 aliphatic rings. The van der Waals surface area contributed by atoms with Crippen LogP contribution in [0.2, 0.25) is 0 Å². The SMILES string of the molecule is CCCNC(=O)[C@H](Cc1ccccc1)N(Cc1cccc(C)c1)C(=O)CN(c1ccccc1Br)S(C)(=O)=O. The Morgan fingerprint density at radius 1 is 0.947 bits per heavy atom. The Balaban J connectivity index is 2.05. The van der Waals surface area contributed by atoms with Gasteiger partial charge in [-0.25, -0.2) is 8.42 Å². The lowest BCUT2D eigenvalue weighted by molar-refractivity contribution is -0.140. The molecule has 1 atom stereocenters. The summed E-state index contributed by atoms with van der Waals surface area (Å²) >= 11 is 3.41. The molecule has 0 bridgehead atoms. The van der Waals surface area contributed by atoms with Crippen LogP contribution in [-0.2, 0) is 32.6 Å². The monoisotopic (exact) mass is 599 g/mol. The molecule has 0 aromatic heterocycles. The van der Waals surface area contributed by atoms with Crippen molar-refractivity contribution < 1.29 is 18.0 Å². The lowest BCUT2D eigenvalue weighted by Gasteiger charge is -2.33. The van der Waals surface area contributed by atoms with Gasteiger partial charge >= 0.3 is 0 Å². The van der Waals surface area contributed by atoms with E-state index in [9.17, 15) is 18.0 Å². The third kappa shape index (κ3) is 8.16. The number of carbonyl (C=O) groups excluding carboxylic acids is 2. The van der Waals surface area contributed by atoms with E-state index in [1.807, 2.05) is 68.4 Å². The van der Waals surface area contributed by atoms with Crippen molar-refractivity contribution in [3.8, 4) is 0 Å². The van der Waals surface area contributed by atoms with E-state index in [1.54, 1.807) is 24.3 Å². The van der Waals surface area contributed by atoms with E-state index in [0.717, 1.165) is 33.7 Å². The number of rotatable bonds is 12. The molecule has 0 unspecified atom stereocenters. The van der Waals surface area contributed by atoms with Crippen molar-refractivity contribution in [1.82, 2.24) is 10.2 Å². The molecular weight excluding hydrogens is 566 g/mol. The Morgan fingerprint density at radius 3 is 2.24 bits per heavy atom. The first-order chi connectivity index (χ1) is 18.1. The maximum absolute atomic E-state index is 14.0. The minimum Gasteiger partial charge on any atom is -0.354 e. The Kier molecular flexibility index (Phi) is 10.5. The summed E-state index contributed by atoms with van der Waals surface area (Å²) in [6.07, 6.45) is 2.11. The second-order valence-corrected chi connectivity index (χ2v) is 12.0. The number of amides is 2. The molecule has 2 amide bonds. The van der Waals surface area contributed by atoms with Crippen molar-refractivity contribution in [1.29, 1.82) is 0 Å². The fraction of sp³-hybridized carbons (Fsp3) is 0.310. The second kappa shape index (κ2) is 13.6. The maximum atomic E-state index is 14.0. The summed E-state index contributed by atoms with van der Waals surface area (Å²) in [5.74, 6) is -0.747. The van der Waals surface area contributed by atoms with Gasteiger partial charge in [0.15, 0.2) is 0 Å². The van der Waals surface area contributed by atoms with Crippen LogP contribution in [0.3, 0.4) is 0 Å². The summed E-state index contributed by atoms with van der Waals surface area (Å²) in [4.78, 5) is 29.0. The van der Waals surface area contributed by atoms with Gasteiger partial charge < -0.3 is 10.2 Å². The molecule has 7 nitrogen and oxygen atoms in total. The van der Waals surface area contributed by atoms with Crippen molar-refractivity contribution in [3.63, 3.8) is 0 Å². The predicted octanol–water partition coefficient (Wildman–Crippen LogP) is 4.69. The summed E-state index contributed by atoms with van der Waals surface area (Å²) in [5.41, 5.74) is 3.13. The Hall–Kier alpha value is -3.17. The number of benzene rings is 3. The zero-order chi connectivity index (χ0) is 27.7. The summed E-state index contributed by atoms with van der Waals surface area (Å²) in [6, 6.07) is 23.2. The Bertz CT molecular complexity index is 1350. The minimum atomic E-state index is -3.81. The van der Waals surface area contributed by atoms with Gasteiger partial charge in [-0.3, -0.25) is 13.9 Å². The highest BCUT2D eigenvalue weighted by Gasteiger charge is 2.33. The molecular formula is C29H34BrN3O4S. The first-order valence-corrected chi connectivity index (χ1v) is 15.1. The number of nitrogens with zero attached hydrogens (tertiary/aromatic N) is 2. The van der Waals surface area contributed by atoms with Crippen LogP contribution in [0.15, 0.2) is 83.3 Å². The molecule has 0 saturated heterocycles. The molecule has 0 saturated carbocycles. The highest BCUT2D eigenvalue weighted by molar-refractivity contribution is 9.10. The molecule has 0 fully saturated rings. The van der Waals surface area contributed by atoms with E-state index in [2.05, 4.69) is 21.2 Å². The van der Waals surface area contributed by atoms with Gasteiger partial charge in [-0.1, -0.05) is 79.2 Å². The van der Waals surface area contributed by atoms with Crippen molar-refractivity contribution >= 4 is 43.5 Å². The van der Waals surface area contributed by atoms with Crippen LogP contribution in [0.5, 0.6) is 0 Å². The smallest absolute Gasteiger partial charge is 0.244 e. The van der Waals surface area contributed by atoms with Gasteiger partial charge in [-0.15, -0.1) is 0 Å². The zero-order valence-corrected chi connectivity index (χ0v) is 24.3. The van der Waals surface area contributed by atoms with E-state index in [-0.39, 0.29) is 12.5 Å².